The van der Waals surface area contributed by atoms with Crippen LogP contribution in [-0.4, -0.2) is 12.0 Å². The van der Waals surface area contributed by atoms with Gasteiger partial charge in [-0.25, -0.2) is 0 Å². The molecule has 3 nitrogen and oxygen atoms in total. The van der Waals surface area contributed by atoms with Crippen LogP contribution in [0.25, 0.3) is 10.8 Å². The maximum Gasteiger partial charge on any atom is 0.261 e. The molecular formula is C24H25NO2. The van der Waals surface area contributed by atoms with Crippen molar-refractivity contribution in [3.8, 4) is 5.75 Å². The summed E-state index contributed by atoms with van der Waals surface area (Å²) in [7, 11) is 0. The minimum Gasteiger partial charge on any atom is -0.480 e. The van der Waals surface area contributed by atoms with Crippen LogP contribution in [0.5, 0.6) is 5.75 Å². The highest BCUT2D eigenvalue weighted by molar-refractivity contribution is 5.89. The summed E-state index contributed by atoms with van der Waals surface area (Å²) in [6, 6.07) is 22.6. The quantitative estimate of drug-likeness (QED) is 0.681. The number of aryl methyl sites for hydroxylation is 1. The third-order valence-electron chi connectivity index (χ3n) is 5.37. The van der Waals surface area contributed by atoms with Crippen LogP contribution in [0.3, 0.4) is 0 Å². The lowest BCUT2D eigenvalue weighted by molar-refractivity contribution is -0.129. The molecular weight excluding hydrogens is 334 g/mol. The Balaban J connectivity index is 1.52. The molecule has 0 aromatic heterocycles. The Morgan fingerprint density at radius 3 is 2.74 bits per heavy atom. The number of carbonyl (C=O) groups excluding carboxylic acids is 1. The summed E-state index contributed by atoms with van der Waals surface area (Å²) >= 11 is 0. The smallest absolute Gasteiger partial charge is 0.261 e. The molecule has 0 fully saturated rings. The van der Waals surface area contributed by atoms with Gasteiger partial charge in [0.1, 0.15) is 5.75 Å². The first-order valence-electron chi connectivity index (χ1n) is 9.79. The van der Waals surface area contributed by atoms with Crippen LogP contribution in [0.2, 0.25) is 0 Å². The van der Waals surface area contributed by atoms with Crippen LogP contribution in [0.15, 0.2) is 66.7 Å². The number of hydrogen-bond donors (Lipinski definition) is 1. The van der Waals surface area contributed by atoms with Gasteiger partial charge in [-0.2, -0.15) is 0 Å². The molecule has 1 aliphatic carbocycles. The van der Waals surface area contributed by atoms with Crippen molar-refractivity contribution < 1.29 is 9.53 Å². The van der Waals surface area contributed by atoms with E-state index in [1.807, 2.05) is 43.3 Å². The SMILES string of the molecule is CC[C@@H](Oc1cccc2ccccc12)C(=O)N[C@@H]1CCCc2ccccc21. The van der Waals surface area contributed by atoms with Gasteiger partial charge >= 0.3 is 0 Å². The minimum absolute atomic E-state index is 0.0351. The average molecular weight is 359 g/mol. The maximum atomic E-state index is 13.0. The van der Waals surface area contributed by atoms with Gasteiger partial charge in [0, 0.05) is 5.39 Å². The summed E-state index contributed by atoms with van der Waals surface area (Å²) < 4.78 is 6.16. The number of benzene rings is 3. The summed E-state index contributed by atoms with van der Waals surface area (Å²) in [4.78, 5) is 13.0. The van der Waals surface area contributed by atoms with E-state index in [1.54, 1.807) is 0 Å². The molecule has 4 rings (SSSR count). The van der Waals surface area contributed by atoms with E-state index in [1.165, 1.54) is 11.1 Å². The lowest BCUT2D eigenvalue weighted by Crippen LogP contribution is -2.41. The van der Waals surface area contributed by atoms with Crippen LogP contribution in [0.4, 0.5) is 0 Å². The minimum atomic E-state index is -0.495. The topological polar surface area (TPSA) is 38.3 Å². The lowest BCUT2D eigenvalue weighted by atomic mass is 9.87. The molecule has 3 heteroatoms. The zero-order valence-electron chi connectivity index (χ0n) is 15.7. The Morgan fingerprint density at radius 1 is 1.07 bits per heavy atom. The molecule has 0 radical (unpaired) electrons. The van der Waals surface area contributed by atoms with E-state index < -0.39 is 6.10 Å². The molecule has 2 atom stereocenters. The molecule has 1 N–H and O–H groups in total. The summed E-state index contributed by atoms with van der Waals surface area (Å²) in [5, 5.41) is 5.38. The van der Waals surface area contributed by atoms with Gasteiger partial charge in [0.2, 0.25) is 0 Å². The predicted octanol–water partition coefficient (Wildman–Crippen LogP) is 5.19. The second-order valence-corrected chi connectivity index (χ2v) is 7.14. The first kappa shape index (κ1) is 17.6. The molecule has 0 aliphatic heterocycles. The number of carbonyl (C=O) groups is 1. The molecule has 27 heavy (non-hydrogen) atoms. The number of fused-ring (bicyclic) bond motifs is 2. The molecule has 1 amide bonds. The van der Waals surface area contributed by atoms with Gasteiger partial charge in [-0.3, -0.25) is 4.79 Å². The van der Waals surface area contributed by atoms with Crippen LogP contribution >= 0.6 is 0 Å². The molecule has 3 aromatic carbocycles. The van der Waals surface area contributed by atoms with E-state index in [4.69, 9.17) is 4.74 Å². The normalized spacial score (nSPS) is 17.1. The standard InChI is InChI=1S/C24H25NO2/c1-2-22(27-23-16-8-12-18-10-4-6-14-20(18)23)24(26)25-21-15-7-11-17-9-3-5-13-19(17)21/h3-6,8-10,12-14,16,21-22H,2,7,11,15H2,1H3,(H,25,26)/t21-,22-/m1/s1. The van der Waals surface area contributed by atoms with Crippen molar-refractivity contribution in [2.45, 2.75) is 44.8 Å². The van der Waals surface area contributed by atoms with Crippen molar-refractivity contribution in [2.75, 3.05) is 0 Å². The van der Waals surface area contributed by atoms with Gasteiger partial charge in [0.25, 0.3) is 5.91 Å². The van der Waals surface area contributed by atoms with E-state index in [9.17, 15) is 4.79 Å². The largest absolute Gasteiger partial charge is 0.480 e. The van der Waals surface area contributed by atoms with E-state index in [-0.39, 0.29) is 11.9 Å². The first-order chi connectivity index (χ1) is 13.3. The summed E-state index contributed by atoms with van der Waals surface area (Å²) in [6.07, 6.45) is 3.30. The van der Waals surface area contributed by atoms with Gasteiger partial charge in [0.15, 0.2) is 6.10 Å². The third kappa shape index (κ3) is 3.68. The number of rotatable bonds is 5. The zero-order chi connectivity index (χ0) is 18.6. The highest BCUT2D eigenvalue weighted by Crippen LogP contribution is 2.30. The lowest BCUT2D eigenvalue weighted by Gasteiger charge is -2.28. The summed E-state index contributed by atoms with van der Waals surface area (Å²) in [5.41, 5.74) is 2.59. The third-order valence-corrected chi connectivity index (χ3v) is 5.37. The average Bonchev–Trinajstić information content (AvgIpc) is 2.72. The molecule has 0 spiro atoms. The Bertz CT molecular complexity index is 945. The first-order valence-corrected chi connectivity index (χ1v) is 9.79. The van der Waals surface area contributed by atoms with Crippen LogP contribution in [0, 0.1) is 0 Å². The molecule has 0 saturated heterocycles. The molecule has 0 bridgehead atoms. The van der Waals surface area contributed by atoms with Crippen molar-refractivity contribution in [3.63, 3.8) is 0 Å². The van der Waals surface area contributed by atoms with Crippen LogP contribution in [0.1, 0.15) is 43.4 Å². The van der Waals surface area contributed by atoms with Crippen molar-refractivity contribution in [1.82, 2.24) is 5.32 Å². The second-order valence-electron chi connectivity index (χ2n) is 7.14. The summed E-state index contributed by atoms with van der Waals surface area (Å²) in [5.74, 6) is 0.728. The van der Waals surface area contributed by atoms with Gasteiger partial charge < -0.3 is 10.1 Å². The fraction of sp³-hybridized carbons (Fsp3) is 0.292. The van der Waals surface area contributed by atoms with E-state index >= 15 is 0 Å². The summed E-state index contributed by atoms with van der Waals surface area (Å²) in [6.45, 7) is 1.99. The van der Waals surface area contributed by atoms with Crippen molar-refractivity contribution in [3.05, 3.63) is 77.9 Å². The molecule has 0 unspecified atom stereocenters. The van der Waals surface area contributed by atoms with Gasteiger partial charge in [-0.15, -0.1) is 0 Å². The fourth-order valence-electron chi connectivity index (χ4n) is 3.94. The fourth-order valence-corrected chi connectivity index (χ4v) is 3.94. The molecule has 0 saturated carbocycles. The van der Waals surface area contributed by atoms with Gasteiger partial charge in [0.05, 0.1) is 6.04 Å². The number of hydrogen-bond acceptors (Lipinski definition) is 2. The van der Waals surface area contributed by atoms with E-state index in [2.05, 4.69) is 35.6 Å². The molecule has 138 valence electrons. The van der Waals surface area contributed by atoms with E-state index in [0.717, 1.165) is 35.8 Å². The van der Waals surface area contributed by atoms with Gasteiger partial charge in [-0.05, 0) is 48.3 Å². The number of nitrogens with one attached hydrogen (secondary N) is 1. The highest BCUT2D eigenvalue weighted by atomic mass is 16.5. The second kappa shape index (κ2) is 7.83. The molecule has 3 aromatic rings. The van der Waals surface area contributed by atoms with Gasteiger partial charge in [-0.1, -0.05) is 67.6 Å². The van der Waals surface area contributed by atoms with Crippen molar-refractivity contribution >= 4 is 16.7 Å². The molecule has 1 aliphatic rings. The predicted molar refractivity (Wildman–Crippen MR) is 109 cm³/mol. The molecule has 0 heterocycles. The Morgan fingerprint density at radius 2 is 1.85 bits per heavy atom. The Kier molecular flexibility index (Phi) is 5.10. The zero-order valence-corrected chi connectivity index (χ0v) is 15.7. The Labute approximate surface area is 160 Å². The van der Waals surface area contributed by atoms with Crippen molar-refractivity contribution in [1.29, 1.82) is 0 Å². The highest BCUT2D eigenvalue weighted by Gasteiger charge is 2.26. The number of amides is 1. The number of ether oxygens (including phenoxy) is 1. The van der Waals surface area contributed by atoms with E-state index in [0.29, 0.717) is 6.42 Å². The van der Waals surface area contributed by atoms with Crippen molar-refractivity contribution in [2.24, 2.45) is 0 Å². The Hall–Kier alpha value is -2.81. The van der Waals surface area contributed by atoms with Crippen LogP contribution < -0.4 is 10.1 Å². The monoisotopic (exact) mass is 359 g/mol. The maximum absolute atomic E-state index is 13.0. The van der Waals surface area contributed by atoms with Crippen LogP contribution in [-0.2, 0) is 11.2 Å².